The first-order valence-corrected chi connectivity index (χ1v) is 8.61. The number of benzene rings is 1. The van der Waals surface area contributed by atoms with E-state index in [0.29, 0.717) is 30.2 Å². The largest absolute Gasteiger partial charge is 0.297 e. The van der Waals surface area contributed by atoms with Crippen molar-refractivity contribution in [2.24, 2.45) is 0 Å². The molecule has 0 saturated carbocycles. The van der Waals surface area contributed by atoms with Crippen LogP contribution in [0.1, 0.15) is 27.7 Å². The van der Waals surface area contributed by atoms with Crippen molar-refractivity contribution in [3.05, 3.63) is 29.3 Å². The van der Waals surface area contributed by atoms with Gasteiger partial charge in [0.15, 0.2) is 0 Å². The number of sulfonamides is 1. The van der Waals surface area contributed by atoms with E-state index in [2.05, 4.69) is 37.3 Å². The van der Waals surface area contributed by atoms with E-state index in [4.69, 9.17) is 11.6 Å². The number of rotatable bonds is 7. The summed E-state index contributed by atoms with van der Waals surface area (Å²) >= 11 is 5.82. The maximum Gasteiger partial charge on any atom is 0.240 e. The molecule has 0 aromatic heterocycles. The highest BCUT2D eigenvalue weighted by atomic mass is 35.5. The van der Waals surface area contributed by atoms with E-state index in [1.165, 1.54) is 12.1 Å². The van der Waals surface area contributed by atoms with Crippen LogP contribution in [0, 0.1) is 0 Å². The Morgan fingerprint density at radius 2 is 1.80 bits per heavy atom. The zero-order valence-electron chi connectivity index (χ0n) is 12.4. The van der Waals surface area contributed by atoms with Gasteiger partial charge in [0.2, 0.25) is 10.0 Å². The number of nitrogens with zero attached hydrogens (tertiary/aromatic N) is 1. The normalized spacial score (nSPS) is 12.6. The Morgan fingerprint density at radius 3 is 2.30 bits per heavy atom. The summed E-state index contributed by atoms with van der Waals surface area (Å²) in [4.78, 5) is 2.44. The number of nitrogens with one attached hydrogen (secondary N) is 1. The highest BCUT2D eigenvalue weighted by Gasteiger charge is 2.16. The third-order valence-corrected chi connectivity index (χ3v) is 4.79. The van der Waals surface area contributed by atoms with Crippen molar-refractivity contribution >= 4 is 21.6 Å². The lowest BCUT2D eigenvalue weighted by Gasteiger charge is -2.30. The molecule has 114 valence electrons. The van der Waals surface area contributed by atoms with E-state index >= 15 is 0 Å². The van der Waals surface area contributed by atoms with Crippen molar-refractivity contribution < 1.29 is 8.42 Å². The third kappa shape index (κ3) is 5.05. The second-order valence-electron chi connectivity index (χ2n) is 5.28. The topological polar surface area (TPSA) is 49.4 Å². The molecule has 1 aromatic rings. The second-order valence-corrected chi connectivity index (χ2v) is 7.48. The van der Waals surface area contributed by atoms with Crippen molar-refractivity contribution in [2.45, 2.75) is 44.7 Å². The average Bonchev–Trinajstić information content (AvgIpc) is 2.33. The van der Waals surface area contributed by atoms with Gasteiger partial charge in [0.25, 0.3) is 0 Å². The van der Waals surface area contributed by atoms with E-state index in [-0.39, 0.29) is 4.90 Å². The fraction of sp³-hybridized carbons (Fsp3) is 0.571. The van der Waals surface area contributed by atoms with Gasteiger partial charge in [0.05, 0.1) is 4.90 Å². The van der Waals surface area contributed by atoms with Crippen LogP contribution in [-0.2, 0) is 10.0 Å². The molecular formula is C14H23ClN2O2S. The fourth-order valence-corrected chi connectivity index (χ4v) is 3.46. The van der Waals surface area contributed by atoms with E-state index in [1.54, 1.807) is 12.1 Å². The van der Waals surface area contributed by atoms with Crippen LogP contribution in [0.25, 0.3) is 0 Å². The van der Waals surface area contributed by atoms with Gasteiger partial charge in [-0.05, 0) is 45.9 Å². The van der Waals surface area contributed by atoms with Gasteiger partial charge < -0.3 is 0 Å². The van der Waals surface area contributed by atoms with Gasteiger partial charge in [-0.15, -0.1) is 0 Å². The summed E-state index contributed by atoms with van der Waals surface area (Å²) in [6.07, 6.45) is 0. The maximum absolute atomic E-state index is 12.1. The molecule has 1 aromatic carbocycles. The summed E-state index contributed by atoms with van der Waals surface area (Å²) in [6.45, 7) is 9.47. The molecular weight excluding hydrogens is 296 g/mol. The van der Waals surface area contributed by atoms with Gasteiger partial charge in [-0.1, -0.05) is 17.7 Å². The number of hydrogen-bond donors (Lipinski definition) is 1. The summed E-state index contributed by atoms with van der Waals surface area (Å²) in [5, 5.41) is 0.416. The predicted molar refractivity (Wildman–Crippen MR) is 83.6 cm³/mol. The van der Waals surface area contributed by atoms with Crippen LogP contribution in [0.3, 0.4) is 0 Å². The lowest BCUT2D eigenvalue weighted by Crippen LogP contribution is -2.42. The highest BCUT2D eigenvalue weighted by Crippen LogP contribution is 2.15. The molecule has 0 bridgehead atoms. The van der Waals surface area contributed by atoms with Crippen molar-refractivity contribution in [3.63, 3.8) is 0 Å². The Kier molecular flexibility index (Phi) is 6.45. The van der Waals surface area contributed by atoms with Crippen molar-refractivity contribution in [2.75, 3.05) is 13.1 Å². The van der Waals surface area contributed by atoms with Crippen molar-refractivity contribution in [1.29, 1.82) is 0 Å². The van der Waals surface area contributed by atoms with E-state index in [9.17, 15) is 8.42 Å². The van der Waals surface area contributed by atoms with Gasteiger partial charge >= 0.3 is 0 Å². The molecule has 0 fully saturated rings. The third-order valence-electron chi connectivity index (χ3n) is 3.10. The monoisotopic (exact) mass is 318 g/mol. The molecule has 0 radical (unpaired) electrons. The maximum atomic E-state index is 12.1. The fourth-order valence-electron chi connectivity index (χ4n) is 2.14. The van der Waals surface area contributed by atoms with Crippen LogP contribution >= 0.6 is 11.6 Å². The van der Waals surface area contributed by atoms with Gasteiger partial charge in [-0.25, -0.2) is 13.1 Å². The zero-order chi connectivity index (χ0) is 15.3. The number of hydrogen-bond acceptors (Lipinski definition) is 3. The first kappa shape index (κ1) is 17.4. The minimum absolute atomic E-state index is 0.200. The van der Waals surface area contributed by atoms with Gasteiger partial charge in [-0.2, -0.15) is 0 Å². The number of halogens is 1. The molecule has 0 aliphatic carbocycles. The Morgan fingerprint density at radius 1 is 1.20 bits per heavy atom. The minimum Gasteiger partial charge on any atom is -0.297 e. The molecule has 1 rings (SSSR count). The molecule has 0 amide bonds. The first-order chi connectivity index (χ1) is 9.24. The molecule has 0 saturated heterocycles. The lowest BCUT2D eigenvalue weighted by atomic mass is 10.2. The van der Waals surface area contributed by atoms with Crippen LogP contribution < -0.4 is 4.72 Å². The molecule has 0 aliphatic heterocycles. The lowest BCUT2D eigenvalue weighted by molar-refractivity contribution is 0.179. The summed E-state index contributed by atoms with van der Waals surface area (Å²) in [6, 6.07) is 7.03. The molecule has 0 heterocycles. The zero-order valence-corrected chi connectivity index (χ0v) is 14.0. The first-order valence-electron chi connectivity index (χ1n) is 6.75. The molecule has 4 nitrogen and oxygen atoms in total. The second kappa shape index (κ2) is 7.41. The summed E-state index contributed by atoms with van der Waals surface area (Å²) < 4.78 is 26.8. The summed E-state index contributed by atoms with van der Waals surface area (Å²) in [7, 11) is -3.49. The Bertz CT molecular complexity index is 522. The van der Waals surface area contributed by atoms with Gasteiger partial charge in [0.1, 0.15) is 0 Å². The van der Waals surface area contributed by atoms with Crippen LogP contribution in [0.5, 0.6) is 0 Å². The smallest absolute Gasteiger partial charge is 0.240 e. The standard InChI is InChI=1S/C14H23ClN2O2S/c1-11(2)17(12(3)4)9-8-16-20(18,19)14-7-5-6-13(15)10-14/h5-7,10-12,16H,8-9H2,1-4H3. The van der Waals surface area contributed by atoms with Crippen molar-refractivity contribution in [3.8, 4) is 0 Å². The SMILES string of the molecule is CC(C)N(CCNS(=O)(=O)c1cccc(Cl)c1)C(C)C. The Balaban J connectivity index is 2.65. The highest BCUT2D eigenvalue weighted by molar-refractivity contribution is 7.89. The van der Waals surface area contributed by atoms with Crippen LogP contribution in [0.15, 0.2) is 29.2 Å². The predicted octanol–water partition coefficient (Wildman–Crippen LogP) is 2.74. The molecule has 1 N–H and O–H groups in total. The van der Waals surface area contributed by atoms with E-state index in [1.807, 2.05) is 0 Å². The van der Waals surface area contributed by atoms with Gasteiger partial charge in [-0.3, -0.25) is 4.90 Å². The molecule has 0 unspecified atom stereocenters. The van der Waals surface area contributed by atoms with Crippen LogP contribution in [0.4, 0.5) is 0 Å². The minimum atomic E-state index is -3.49. The molecule has 6 heteroatoms. The summed E-state index contributed by atoms with van der Waals surface area (Å²) in [5.41, 5.74) is 0. The summed E-state index contributed by atoms with van der Waals surface area (Å²) in [5.74, 6) is 0. The Hall–Kier alpha value is -0.620. The molecule has 0 spiro atoms. The van der Waals surface area contributed by atoms with E-state index < -0.39 is 10.0 Å². The average molecular weight is 319 g/mol. The van der Waals surface area contributed by atoms with Gasteiger partial charge in [0, 0.05) is 30.2 Å². The quantitative estimate of drug-likeness (QED) is 0.841. The Labute approximate surface area is 127 Å². The molecule has 20 heavy (non-hydrogen) atoms. The van der Waals surface area contributed by atoms with Crippen molar-refractivity contribution in [1.82, 2.24) is 9.62 Å². The van der Waals surface area contributed by atoms with E-state index in [0.717, 1.165) is 0 Å². The van der Waals surface area contributed by atoms with Crippen LogP contribution in [0.2, 0.25) is 5.02 Å². The molecule has 0 aliphatic rings. The molecule has 0 atom stereocenters. The van der Waals surface area contributed by atoms with Crippen LogP contribution in [-0.4, -0.2) is 38.5 Å².